The second-order valence-corrected chi connectivity index (χ2v) is 9.58. The van der Waals surface area contributed by atoms with Crippen LogP contribution in [-0.4, -0.2) is 50.9 Å². The van der Waals surface area contributed by atoms with Gasteiger partial charge in [0.25, 0.3) is 0 Å². The molecule has 0 aliphatic carbocycles. The summed E-state index contributed by atoms with van der Waals surface area (Å²) in [6, 6.07) is 11.9. The number of sulfonamides is 1. The van der Waals surface area contributed by atoms with Gasteiger partial charge in [-0.15, -0.1) is 0 Å². The Morgan fingerprint density at radius 2 is 1.72 bits per heavy atom. The number of hydrogen-bond donors (Lipinski definition) is 4. The lowest BCUT2D eigenvalue weighted by molar-refractivity contribution is -0.117. The lowest BCUT2D eigenvalue weighted by atomic mass is 10.1. The maximum absolute atomic E-state index is 12.6. The normalized spacial score (nSPS) is 15.2. The zero-order valence-corrected chi connectivity index (χ0v) is 19.0. The molecule has 1 aliphatic heterocycles. The Morgan fingerprint density at radius 3 is 2.34 bits per heavy atom. The molecule has 32 heavy (non-hydrogen) atoms. The largest absolute Gasteiger partial charge is 0.335 e. The van der Waals surface area contributed by atoms with E-state index >= 15 is 0 Å². The first-order valence-corrected chi connectivity index (χ1v) is 12.0. The lowest BCUT2D eigenvalue weighted by Crippen LogP contribution is -2.47. The predicted octanol–water partition coefficient (Wildman–Crippen LogP) is 2.18. The van der Waals surface area contributed by atoms with E-state index in [2.05, 4.69) is 16.0 Å². The van der Waals surface area contributed by atoms with E-state index in [-0.39, 0.29) is 29.4 Å². The molecular formula is C22H29N5O4S. The number of rotatable bonds is 6. The van der Waals surface area contributed by atoms with Crippen molar-refractivity contribution >= 4 is 33.3 Å². The fourth-order valence-electron chi connectivity index (χ4n) is 3.62. The van der Waals surface area contributed by atoms with Crippen molar-refractivity contribution in [2.45, 2.75) is 37.6 Å². The van der Waals surface area contributed by atoms with Gasteiger partial charge in [0.05, 0.1) is 11.4 Å². The van der Waals surface area contributed by atoms with Gasteiger partial charge in [0.1, 0.15) is 0 Å². The Morgan fingerprint density at radius 1 is 1.06 bits per heavy atom. The molecule has 0 radical (unpaired) electrons. The molecule has 1 fully saturated rings. The van der Waals surface area contributed by atoms with E-state index in [4.69, 9.17) is 5.14 Å². The second kappa shape index (κ2) is 10.1. The van der Waals surface area contributed by atoms with Crippen LogP contribution in [0.1, 0.15) is 24.0 Å². The molecule has 1 saturated heterocycles. The SMILES string of the molecule is Cc1cc(S(N)(=O)=O)cc(NC(=O)CN2CCC(NC(=O)Nc3ccccc3)CC2)c1C. The van der Waals surface area contributed by atoms with Crippen LogP contribution in [0.15, 0.2) is 47.4 Å². The summed E-state index contributed by atoms with van der Waals surface area (Å²) in [5.74, 6) is -0.229. The van der Waals surface area contributed by atoms with Gasteiger partial charge in [0.2, 0.25) is 15.9 Å². The van der Waals surface area contributed by atoms with Crippen molar-refractivity contribution < 1.29 is 18.0 Å². The first kappa shape index (κ1) is 23.7. The monoisotopic (exact) mass is 459 g/mol. The van der Waals surface area contributed by atoms with Crippen LogP contribution >= 0.6 is 0 Å². The summed E-state index contributed by atoms with van der Waals surface area (Å²) in [5, 5.41) is 13.8. The zero-order chi connectivity index (χ0) is 23.3. The number of piperidine rings is 1. The number of nitrogens with two attached hydrogens (primary N) is 1. The number of primary sulfonamides is 1. The molecule has 9 nitrogen and oxygen atoms in total. The third kappa shape index (κ3) is 6.52. The number of nitrogens with zero attached hydrogens (tertiary/aromatic N) is 1. The van der Waals surface area contributed by atoms with Crippen LogP contribution in [0.4, 0.5) is 16.2 Å². The van der Waals surface area contributed by atoms with E-state index in [0.29, 0.717) is 18.8 Å². The van der Waals surface area contributed by atoms with Crippen molar-refractivity contribution in [3.8, 4) is 0 Å². The van der Waals surface area contributed by atoms with Gasteiger partial charge in [-0.1, -0.05) is 18.2 Å². The third-order valence-corrected chi connectivity index (χ3v) is 6.46. The zero-order valence-electron chi connectivity index (χ0n) is 18.2. The van der Waals surface area contributed by atoms with Crippen LogP contribution in [0.3, 0.4) is 0 Å². The lowest BCUT2D eigenvalue weighted by Gasteiger charge is -2.31. The highest BCUT2D eigenvalue weighted by molar-refractivity contribution is 7.89. The van der Waals surface area contributed by atoms with E-state index in [0.717, 1.165) is 29.7 Å². The highest BCUT2D eigenvalue weighted by atomic mass is 32.2. The van der Waals surface area contributed by atoms with Crippen molar-refractivity contribution in [2.24, 2.45) is 5.14 Å². The first-order valence-electron chi connectivity index (χ1n) is 10.4. The Balaban J connectivity index is 1.49. The minimum atomic E-state index is -3.87. The molecule has 5 N–H and O–H groups in total. The minimum Gasteiger partial charge on any atom is -0.335 e. The van der Waals surface area contributed by atoms with Crippen LogP contribution in [0.5, 0.6) is 0 Å². The van der Waals surface area contributed by atoms with Gasteiger partial charge in [0.15, 0.2) is 0 Å². The van der Waals surface area contributed by atoms with Crippen LogP contribution in [0, 0.1) is 13.8 Å². The van der Waals surface area contributed by atoms with Crippen LogP contribution in [-0.2, 0) is 14.8 Å². The summed E-state index contributed by atoms with van der Waals surface area (Å²) >= 11 is 0. The number of carbonyl (C=O) groups excluding carboxylic acids is 2. The molecule has 2 aromatic rings. The maximum atomic E-state index is 12.6. The maximum Gasteiger partial charge on any atom is 0.319 e. The molecule has 3 amide bonds. The Hall–Kier alpha value is -2.95. The molecule has 1 heterocycles. The number of aryl methyl sites for hydroxylation is 1. The van der Waals surface area contributed by atoms with Gasteiger partial charge < -0.3 is 16.0 Å². The number of likely N-dealkylation sites (tertiary alicyclic amines) is 1. The van der Waals surface area contributed by atoms with Gasteiger partial charge >= 0.3 is 6.03 Å². The number of urea groups is 1. The van der Waals surface area contributed by atoms with Gasteiger partial charge in [-0.2, -0.15) is 0 Å². The number of benzene rings is 2. The van der Waals surface area contributed by atoms with E-state index < -0.39 is 10.0 Å². The first-order chi connectivity index (χ1) is 15.1. The average molecular weight is 460 g/mol. The molecule has 172 valence electrons. The molecule has 0 saturated carbocycles. The molecule has 10 heteroatoms. The van der Waals surface area contributed by atoms with E-state index in [1.807, 2.05) is 42.2 Å². The minimum absolute atomic E-state index is 0.0310. The van der Waals surface area contributed by atoms with Crippen LogP contribution in [0.2, 0.25) is 0 Å². The molecule has 0 atom stereocenters. The molecule has 3 rings (SSSR count). The van der Waals surface area contributed by atoms with Gasteiger partial charge in [-0.05, 0) is 62.1 Å². The number of carbonyl (C=O) groups is 2. The molecule has 0 unspecified atom stereocenters. The molecule has 2 aromatic carbocycles. The van der Waals surface area contributed by atoms with Crippen LogP contribution < -0.4 is 21.1 Å². The van der Waals surface area contributed by atoms with Crippen molar-refractivity contribution in [3.63, 3.8) is 0 Å². The predicted molar refractivity (Wildman–Crippen MR) is 124 cm³/mol. The summed E-state index contributed by atoms with van der Waals surface area (Å²) in [4.78, 5) is 26.7. The van der Waals surface area contributed by atoms with Gasteiger partial charge in [-0.3, -0.25) is 9.69 Å². The number of hydrogen-bond acceptors (Lipinski definition) is 5. The van der Waals surface area contributed by atoms with E-state index in [1.54, 1.807) is 6.92 Å². The summed E-state index contributed by atoms with van der Waals surface area (Å²) in [7, 11) is -3.87. The average Bonchev–Trinajstić information content (AvgIpc) is 2.72. The van der Waals surface area contributed by atoms with E-state index in [9.17, 15) is 18.0 Å². The molecule has 1 aliphatic rings. The highest BCUT2D eigenvalue weighted by Crippen LogP contribution is 2.23. The fraction of sp³-hybridized carbons (Fsp3) is 0.364. The number of para-hydroxylation sites is 1. The molecule has 0 aromatic heterocycles. The van der Waals surface area contributed by atoms with E-state index in [1.165, 1.54) is 12.1 Å². The van der Waals surface area contributed by atoms with Crippen molar-refractivity contribution in [2.75, 3.05) is 30.3 Å². The standard InChI is InChI=1S/C22H29N5O4S/c1-15-12-19(32(23,30)31)13-20(16(15)2)26-21(28)14-27-10-8-18(9-11-27)25-22(29)24-17-6-4-3-5-7-17/h3-7,12-13,18H,8-11,14H2,1-2H3,(H,26,28)(H2,23,30,31)(H2,24,25,29). The quantitative estimate of drug-likeness (QED) is 0.525. The summed E-state index contributed by atoms with van der Waals surface area (Å²) in [6.07, 6.45) is 1.46. The van der Waals surface area contributed by atoms with Crippen molar-refractivity contribution in [1.82, 2.24) is 10.2 Å². The molecule has 0 bridgehead atoms. The number of anilines is 2. The number of nitrogens with one attached hydrogen (secondary N) is 3. The third-order valence-electron chi connectivity index (χ3n) is 5.57. The molecule has 0 spiro atoms. The topological polar surface area (TPSA) is 134 Å². The Labute approximate surface area is 188 Å². The van der Waals surface area contributed by atoms with Crippen molar-refractivity contribution in [1.29, 1.82) is 0 Å². The van der Waals surface area contributed by atoms with Crippen LogP contribution in [0.25, 0.3) is 0 Å². The summed E-state index contributed by atoms with van der Waals surface area (Å²) in [5.41, 5.74) is 2.69. The second-order valence-electron chi connectivity index (χ2n) is 8.02. The number of amides is 3. The smallest absolute Gasteiger partial charge is 0.319 e. The Bertz CT molecular complexity index is 1080. The molecular weight excluding hydrogens is 430 g/mol. The summed E-state index contributed by atoms with van der Waals surface area (Å²) in [6.45, 7) is 5.10. The van der Waals surface area contributed by atoms with Gasteiger partial charge in [-0.25, -0.2) is 18.4 Å². The highest BCUT2D eigenvalue weighted by Gasteiger charge is 2.23. The Kier molecular flexibility index (Phi) is 7.49. The fourth-order valence-corrected chi connectivity index (χ4v) is 4.25. The van der Waals surface area contributed by atoms with Gasteiger partial charge in [0, 0.05) is 30.5 Å². The summed E-state index contributed by atoms with van der Waals surface area (Å²) < 4.78 is 23.4. The van der Waals surface area contributed by atoms with Crippen molar-refractivity contribution in [3.05, 3.63) is 53.6 Å².